The van der Waals surface area contributed by atoms with E-state index in [-0.39, 0.29) is 0 Å². The molecule has 0 atom stereocenters. The summed E-state index contributed by atoms with van der Waals surface area (Å²) < 4.78 is 0. The molecular formula is C17H22N4. The second-order valence-corrected chi connectivity index (χ2v) is 5.63. The van der Waals surface area contributed by atoms with E-state index in [0.29, 0.717) is 6.04 Å². The lowest BCUT2D eigenvalue weighted by atomic mass is 10.1. The zero-order valence-electron chi connectivity index (χ0n) is 12.7. The van der Waals surface area contributed by atoms with Crippen molar-refractivity contribution < 1.29 is 0 Å². The van der Waals surface area contributed by atoms with Crippen molar-refractivity contribution in [3.05, 3.63) is 47.8 Å². The second-order valence-electron chi connectivity index (χ2n) is 5.63. The highest BCUT2D eigenvalue weighted by Crippen LogP contribution is 2.21. The molecule has 0 saturated heterocycles. The van der Waals surface area contributed by atoms with Gasteiger partial charge in [0.1, 0.15) is 0 Å². The van der Waals surface area contributed by atoms with Crippen molar-refractivity contribution in [2.24, 2.45) is 0 Å². The highest BCUT2D eigenvalue weighted by Gasteiger charge is 2.20. The van der Waals surface area contributed by atoms with Crippen LogP contribution < -0.4 is 10.2 Å². The van der Waals surface area contributed by atoms with E-state index in [1.807, 2.05) is 24.3 Å². The molecule has 1 N–H and O–H groups in total. The maximum Gasteiger partial charge on any atom is 0.229 e. The van der Waals surface area contributed by atoms with Crippen LogP contribution >= 0.6 is 0 Å². The van der Waals surface area contributed by atoms with Gasteiger partial charge in [-0.25, -0.2) is 9.97 Å². The van der Waals surface area contributed by atoms with Crippen LogP contribution in [-0.2, 0) is 13.0 Å². The molecular weight excluding hydrogens is 260 g/mol. The monoisotopic (exact) mass is 282 g/mol. The third kappa shape index (κ3) is 3.58. The average Bonchev–Trinajstić information content (AvgIpc) is 3.37. The van der Waals surface area contributed by atoms with Crippen molar-refractivity contribution in [2.75, 3.05) is 11.9 Å². The molecule has 1 aliphatic rings. The van der Waals surface area contributed by atoms with Crippen molar-refractivity contribution in [1.82, 2.24) is 15.3 Å². The van der Waals surface area contributed by atoms with E-state index in [1.54, 1.807) is 0 Å². The van der Waals surface area contributed by atoms with Crippen LogP contribution in [0.5, 0.6) is 0 Å². The number of hydrogen-bond donors (Lipinski definition) is 1. The van der Waals surface area contributed by atoms with Gasteiger partial charge in [0, 0.05) is 43.3 Å². The largest absolute Gasteiger partial charge is 0.314 e. The van der Waals surface area contributed by atoms with Crippen molar-refractivity contribution >= 4 is 11.6 Å². The maximum absolute atomic E-state index is 4.47. The lowest BCUT2D eigenvalue weighted by Gasteiger charge is -2.17. The predicted octanol–water partition coefficient (Wildman–Crippen LogP) is 3.06. The van der Waals surface area contributed by atoms with Crippen LogP contribution in [0.15, 0.2) is 36.7 Å². The van der Waals surface area contributed by atoms with Crippen LogP contribution in [0.25, 0.3) is 0 Å². The van der Waals surface area contributed by atoms with E-state index in [0.717, 1.165) is 30.2 Å². The van der Waals surface area contributed by atoms with Gasteiger partial charge in [0.25, 0.3) is 0 Å². The van der Waals surface area contributed by atoms with Gasteiger partial charge < -0.3 is 10.2 Å². The van der Waals surface area contributed by atoms with Gasteiger partial charge in [-0.3, -0.25) is 0 Å². The third-order valence-electron chi connectivity index (χ3n) is 3.90. The Hall–Kier alpha value is -1.94. The summed E-state index contributed by atoms with van der Waals surface area (Å²) in [6.45, 7) is 3.02. The standard InChI is InChI=1S/C17H22N4/c1-3-13-4-8-16(9-5-13)21(2)17-19-11-14(12-20-17)10-18-15-6-7-15/h4-5,8-9,11-12,15,18H,3,6-7,10H2,1-2H3. The number of rotatable bonds is 6. The SMILES string of the molecule is CCc1ccc(N(C)c2ncc(CNC3CC3)cn2)cc1. The second kappa shape index (κ2) is 6.22. The quantitative estimate of drug-likeness (QED) is 0.884. The summed E-state index contributed by atoms with van der Waals surface area (Å²) in [5.74, 6) is 0.731. The zero-order valence-corrected chi connectivity index (χ0v) is 12.7. The van der Waals surface area contributed by atoms with Gasteiger partial charge in [0.15, 0.2) is 0 Å². The van der Waals surface area contributed by atoms with Gasteiger partial charge in [-0.05, 0) is 37.0 Å². The summed E-state index contributed by atoms with van der Waals surface area (Å²) in [5.41, 5.74) is 3.59. The van der Waals surface area contributed by atoms with Gasteiger partial charge in [-0.15, -0.1) is 0 Å². The van der Waals surface area contributed by atoms with Crippen LogP contribution in [0, 0.1) is 0 Å². The van der Waals surface area contributed by atoms with E-state index in [2.05, 4.69) is 46.5 Å². The number of nitrogens with one attached hydrogen (secondary N) is 1. The highest BCUT2D eigenvalue weighted by molar-refractivity contribution is 5.56. The van der Waals surface area contributed by atoms with Crippen LogP contribution in [0.1, 0.15) is 30.9 Å². The van der Waals surface area contributed by atoms with Gasteiger partial charge >= 0.3 is 0 Å². The molecule has 4 nitrogen and oxygen atoms in total. The molecule has 110 valence electrons. The lowest BCUT2D eigenvalue weighted by molar-refractivity contribution is 0.683. The van der Waals surface area contributed by atoms with Crippen LogP contribution in [0.4, 0.5) is 11.6 Å². The van der Waals surface area contributed by atoms with Crippen molar-refractivity contribution in [1.29, 1.82) is 0 Å². The first-order chi connectivity index (χ1) is 10.3. The minimum absolute atomic E-state index is 0.712. The molecule has 3 rings (SSSR count). The summed E-state index contributed by atoms with van der Waals surface area (Å²) in [4.78, 5) is 11.0. The Bertz CT molecular complexity index is 573. The Kier molecular flexibility index (Phi) is 4.15. The van der Waals surface area contributed by atoms with Crippen LogP contribution in [-0.4, -0.2) is 23.1 Å². The maximum atomic E-state index is 4.47. The number of aromatic nitrogens is 2. The van der Waals surface area contributed by atoms with Crippen molar-refractivity contribution in [3.63, 3.8) is 0 Å². The van der Waals surface area contributed by atoms with Crippen LogP contribution in [0.2, 0.25) is 0 Å². The first-order valence-corrected chi connectivity index (χ1v) is 7.63. The molecule has 0 bridgehead atoms. The van der Waals surface area contributed by atoms with Gasteiger partial charge in [0.05, 0.1) is 0 Å². The Morgan fingerprint density at radius 1 is 1.10 bits per heavy atom. The molecule has 1 aromatic carbocycles. The molecule has 1 heterocycles. The summed E-state index contributed by atoms with van der Waals surface area (Å²) in [7, 11) is 2.00. The molecule has 1 fully saturated rings. The van der Waals surface area contributed by atoms with Gasteiger partial charge in [-0.2, -0.15) is 0 Å². The molecule has 1 saturated carbocycles. The Morgan fingerprint density at radius 2 is 1.76 bits per heavy atom. The first-order valence-electron chi connectivity index (χ1n) is 7.63. The van der Waals surface area contributed by atoms with E-state index in [9.17, 15) is 0 Å². The minimum atomic E-state index is 0.712. The molecule has 1 aliphatic carbocycles. The van der Waals surface area contributed by atoms with E-state index in [4.69, 9.17) is 0 Å². The number of aryl methyl sites for hydroxylation is 1. The molecule has 0 radical (unpaired) electrons. The predicted molar refractivity (Wildman–Crippen MR) is 85.8 cm³/mol. The fraction of sp³-hybridized carbons (Fsp3) is 0.412. The molecule has 0 amide bonds. The molecule has 0 spiro atoms. The fourth-order valence-corrected chi connectivity index (χ4v) is 2.23. The van der Waals surface area contributed by atoms with Gasteiger partial charge in [-0.1, -0.05) is 19.1 Å². The highest BCUT2D eigenvalue weighted by atomic mass is 15.2. The van der Waals surface area contributed by atoms with Gasteiger partial charge in [0.2, 0.25) is 5.95 Å². The summed E-state index contributed by atoms with van der Waals surface area (Å²) in [6, 6.07) is 9.25. The topological polar surface area (TPSA) is 41.1 Å². The molecule has 1 aromatic heterocycles. The minimum Gasteiger partial charge on any atom is -0.314 e. The fourth-order valence-electron chi connectivity index (χ4n) is 2.23. The van der Waals surface area contributed by atoms with E-state index >= 15 is 0 Å². The normalized spacial score (nSPS) is 14.2. The number of anilines is 2. The Labute approximate surface area is 126 Å². The zero-order chi connectivity index (χ0) is 14.7. The molecule has 2 aromatic rings. The number of hydrogen-bond acceptors (Lipinski definition) is 4. The summed E-state index contributed by atoms with van der Waals surface area (Å²) in [6.07, 6.45) is 7.48. The first kappa shape index (κ1) is 14.0. The lowest BCUT2D eigenvalue weighted by Crippen LogP contribution is -2.17. The smallest absolute Gasteiger partial charge is 0.229 e. The summed E-state index contributed by atoms with van der Waals surface area (Å²) >= 11 is 0. The molecule has 21 heavy (non-hydrogen) atoms. The Morgan fingerprint density at radius 3 is 2.33 bits per heavy atom. The Balaban J connectivity index is 1.66. The molecule has 4 heteroatoms. The number of nitrogens with zero attached hydrogens (tertiary/aromatic N) is 3. The molecule has 0 unspecified atom stereocenters. The van der Waals surface area contributed by atoms with E-state index in [1.165, 1.54) is 18.4 Å². The van der Waals surface area contributed by atoms with E-state index < -0.39 is 0 Å². The average molecular weight is 282 g/mol. The molecule has 0 aliphatic heterocycles. The van der Waals surface area contributed by atoms with Crippen molar-refractivity contribution in [2.45, 2.75) is 38.8 Å². The van der Waals surface area contributed by atoms with Crippen molar-refractivity contribution in [3.8, 4) is 0 Å². The third-order valence-corrected chi connectivity index (χ3v) is 3.90. The number of benzene rings is 1. The van der Waals surface area contributed by atoms with Crippen LogP contribution in [0.3, 0.4) is 0 Å². The summed E-state index contributed by atoms with van der Waals surface area (Å²) in [5, 5.41) is 3.47.